The summed E-state index contributed by atoms with van der Waals surface area (Å²) >= 11 is 2.92. The molecule has 1 fully saturated rings. The number of aryl methyl sites for hydroxylation is 1. The molecule has 0 unspecified atom stereocenters. The van der Waals surface area contributed by atoms with E-state index >= 15 is 0 Å². The Hall–Kier alpha value is -3.44. The summed E-state index contributed by atoms with van der Waals surface area (Å²) in [7, 11) is 0. The van der Waals surface area contributed by atoms with E-state index in [1.807, 2.05) is 25.1 Å². The Morgan fingerprint density at radius 3 is 2.65 bits per heavy atom. The molecular formula is C23H21N5O4S2. The SMILES string of the molecule is Cc1ccc2oc(SCc3nc(C(=O)N4CCN(c5ccc([N+](=O)[O-])cc5)CC4)cs3)nc2c1. The van der Waals surface area contributed by atoms with E-state index in [4.69, 9.17) is 4.42 Å². The van der Waals surface area contributed by atoms with Crippen LogP contribution in [0.1, 0.15) is 21.1 Å². The summed E-state index contributed by atoms with van der Waals surface area (Å²) in [4.78, 5) is 36.3. The van der Waals surface area contributed by atoms with Gasteiger partial charge in [0.25, 0.3) is 16.8 Å². The van der Waals surface area contributed by atoms with E-state index in [1.165, 1.54) is 35.2 Å². The number of hydrogen-bond donors (Lipinski definition) is 0. The molecule has 174 valence electrons. The molecule has 4 aromatic rings. The largest absolute Gasteiger partial charge is 0.431 e. The Kier molecular flexibility index (Phi) is 6.20. The van der Waals surface area contributed by atoms with Crippen molar-refractivity contribution in [3.8, 4) is 0 Å². The summed E-state index contributed by atoms with van der Waals surface area (Å²) < 4.78 is 5.77. The minimum atomic E-state index is -0.408. The first-order valence-corrected chi connectivity index (χ1v) is 12.6. The van der Waals surface area contributed by atoms with Gasteiger partial charge in [0.15, 0.2) is 5.58 Å². The van der Waals surface area contributed by atoms with E-state index in [0.29, 0.717) is 42.8 Å². The molecule has 0 N–H and O–H groups in total. The molecule has 2 aromatic heterocycles. The Balaban J connectivity index is 1.16. The Bertz CT molecular complexity index is 1340. The number of nitro groups is 1. The van der Waals surface area contributed by atoms with E-state index in [0.717, 1.165) is 27.4 Å². The van der Waals surface area contributed by atoms with E-state index in [2.05, 4.69) is 14.9 Å². The summed E-state index contributed by atoms with van der Waals surface area (Å²) in [6.07, 6.45) is 0. The molecule has 3 heterocycles. The van der Waals surface area contributed by atoms with Crippen molar-refractivity contribution in [3.05, 3.63) is 74.2 Å². The maximum Gasteiger partial charge on any atom is 0.273 e. The maximum absolute atomic E-state index is 12.9. The first-order valence-electron chi connectivity index (χ1n) is 10.7. The van der Waals surface area contributed by atoms with Gasteiger partial charge >= 0.3 is 0 Å². The number of thioether (sulfide) groups is 1. The molecule has 0 radical (unpaired) electrons. The highest BCUT2D eigenvalue weighted by Crippen LogP contribution is 2.28. The van der Waals surface area contributed by atoms with Crippen molar-refractivity contribution >= 4 is 51.5 Å². The molecule has 1 aliphatic heterocycles. The standard InChI is InChI=1S/C23H21N5O4S2/c1-15-2-7-20-18(12-15)25-23(32-20)34-14-21-24-19(13-33-21)22(29)27-10-8-26(9-11-27)16-3-5-17(6-4-16)28(30)31/h2-7,12-13H,8-11,14H2,1H3. The monoisotopic (exact) mass is 495 g/mol. The van der Waals surface area contributed by atoms with Crippen molar-refractivity contribution in [1.29, 1.82) is 0 Å². The number of oxazole rings is 1. The average Bonchev–Trinajstić information content (AvgIpc) is 3.49. The van der Waals surface area contributed by atoms with Crippen LogP contribution in [-0.4, -0.2) is 51.9 Å². The van der Waals surface area contributed by atoms with E-state index in [-0.39, 0.29) is 11.6 Å². The number of aromatic nitrogens is 2. The maximum atomic E-state index is 12.9. The number of nitrogens with zero attached hydrogens (tertiary/aromatic N) is 5. The van der Waals surface area contributed by atoms with Crippen molar-refractivity contribution in [2.75, 3.05) is 31.1 Å². The zero-order valence-corrected chi connectivity index (χ0v) is 20.0. The Labute approximate surface area is 203 Å². The third-order valence-electron chi connectivity index (χ3n) is 5.61. The van der Waals surface area contributed by atoms with Gasteiger partial charge in [0, 0.05) is 49.4 Å². The number of hydrogen-bond acceptors (Lipinski definition) is 9. The predicted octanol–water partition coefficient (Wildman–Crippen LogP) is 4.76. The fourth-order valence-corrected chi connectivity index (χ4v) is 5.42. The van der Waals surface area contributed by atoms with Crippen molar-refractivity contribution in [1.82, 2.24) is 14.9 Å². The molecule has 0 aliphatic carbocycles. The number of anilines is 1. The second kappa shape index (κ2) is 9.43. The molecule has 34 heavy (non-hydrogen) atoms. The van der Waals surface area contributed by atoms with Gasteiger partial charge < -0.3 is 14.2 Å². The van der Waals surface area contributed by atoms with Gasteiger partial charge in [0.2, 0.25) is 0 Å². The lowest BCUT2D eigenvalue weighted by atomic mass is 10.2. The van der Waals surface area contributed by atoms with Crippen LogP contribution >= 0.6 is 23.1 Å². The third kappa shape index (κ3) is 4.75. The number of piperazine rings is 1. The number of benzene rings is 2. The number of carbonyl (C=O) groups is 1. The molecule has 1 amide bonds. The van der Waals surface area contributed by atoms with E-state index in [1.54, 1.807) is 22.4 Å². The molecule has 0 spiro atoms. The van der Waals surface area contributed by atoms with Crippen molar-refractivity contribution in [2.24, 2.45) is 0 Å². The number of amides is 1. The van der Waals surface area contributed by atoms with Gasteiger partial charge in [-0.25, -0.2) is 9.97 Å². The summed E-state index contributed by atoms with van der Waals surface area (Å²) in [6, 6.07) is 12.4. The molecular weight excluding hydrogens is 474 g/mol. The molecule has 11 heteroatoms. The van der Waals surface area contributed by atoms with Crippen molar-refractivity contribution in [2.45, 2.75) is 17.9 Å². The fourth-order valence-electron chi connectivity index (χ4n) is 3.79. The van der Waals surface area contributed by atoms with Crippen molar-refractivity contribution in [3.63, 3.8) is 0 Å². The summed E-state index contributed by atoms with van der Waals surface area (Å²) in [6.45, 7) is 4.48. The number of fused-ring (bicyclic) bond motifs is 1. The number of carbonyl (C=O) groups excluding carboxylic acids is 1. The summed E-state index contributed by atoms with van der Waals surface area (Å²) in [5, 5.41) is 14.1. The van der Waals surface area contributed by atoms with Crippen LogP contribution in [0, 0.1) is 17.0 Å². The lowest BCUT2D eigenvalue weighted by Gasteiger charge is -2.35. The van der Waals surface area contributed by atoms with Crippen LogP contribution in [0.2, 0.25) is 0 Å². The van der Waals surface area contributed by atoms with Gasteiger partial charge in [-0.15, -0.1) is 11.3 Å². The first-order chi connectivity index (χ1) is 16.5. The van der Waals surface area contributed by atoms with Crippen LogP contribution < -0.4 is 4.90 Å². The molecule has 1 aliphatic rings. The minimum absolute atomic E-state index is 0.0706. The van der Waals surface area contributed by atoms with Crippen molar-refractivity contribution < 1.29 is 14.1 Å². The normalized spacial score (nSPS) is 14.0. The highest BCUT2D eigenvalue weighted by atomic mass is 32.2. The number of rotatable bonds is 6. The number of non-ortho nitro benzene ring substituents is 1. The van der Waals surface area contributed by atoms with Gasteiger partial charge in [0.05, 0.1) is 10.7 Å². The fraction of sp³-hybridized carbons (Fsp3) is 0.261. The second-order valence-electron chi connectivity index (χ2n) is 7.92. The van der Waals surface area contributed by atoms with Crippen LogP contribution in [0.25, 0.3) is 11.1 Å². The molecule has 0 atom stereocenters. The molecule has 0 saturated carbocycles. The van der Waals surface area contributed by atoms with Gasteiger partial charge in [0.1, 0.15) is 16.2 Å². The summed E-state index contributed by atoms with van der Waals surface area (Å²) in [5.74, 6) is 0.505. The highest BCUT2D eigenvalue weighted by molar-refractivity contribution is 7.98. The average molecular weight is 496 g/mol. The lowest BCUT2D eigenvalue weighted by Crippen LogP contribution is -2.48. The van der Waals surface area contributed by atoms with Crippen LogP contribution in [0.4, 0.5) is 11.4 Å². The zero-order valence-electron chi connectivity index (χ0n) is 18.3. The first kappa shape index (κ1) is 22.4. The lowest BCUT2D eigenvalue weighted by molar-refractivity contribution is -0.384. The van der Waals surface area contributed by atoms with Gasteiger partial charge in [-0.3, -0.25) is 14.9 Å². The second-order valence-corrected chi connectivity index (χ2v) is 9.79. The Morgan fingerprint density at radius 2 is 1.91 bits per heavy atom. The number of thiazole rings is 1. The molecule has 0 bridgehead atoms. The van der Waals surface area contributed by atoms with Crippen LogP contribution in [0.3, 0.4) is 0 Å². The Morgan fingerprint density at radius 1 is 1.15 bits per heavy atom. The smallest absolute Gasteiger partial charge is 0.273 e. The van der Waals surface area contributed by atoms with Gasteiger partial charge in [-0.2, -0.15) is 0 Å². The minimum Gasteiger partial charge on any atom is -0.431 e. The van der Waals surface area contributed by atoms with E-state index in [9.17, 15) is 14.9 Å². The van der Waals surface area contributed by atoms with Crippen LogP contribution in [0.15, 0.2) is 57.5 Å². The van der Waals surface area contributed by atoms with Gasteiger partial charge in [-0.05, 0) is 36.8 Å². The topological polar surface area (TPSA) is 106 Å². The van der Waals surface area contributed by atoms with E-state index < -0.39 is 4.92 Å². The quantitative estimate of drug-likeness (QED) is 0.214. The molecule has 2 aromatic carbocycles. The molecule has 1 saturated heterocycles. The molecule has 5 rings (SSSR count). The summed E-state index contributed by atoms with van der Waals surface area (Å²) in [5.41, 5.74) is 4.18. The molecule has 9 nitrogen and oxygen atoms in total. The van der Waals surface area contributed by atoms with Crippen LogP contribution in [0.5, 0.6) is 0 Å². The van der Waals surface area contributed by atoms with Gasteiger partial charge in [-0.1, -0.05) is 17.8 Å². The third-order valence-corrected chi connectivity index (χ3v) is 7.48. The predicted molar refractivity (Wildman–Crippen MR) is 132 cm³/mol. The number of nitro benzene ring substituents is 1. The van der Waals surface area contributed by atoms with Crippen LogP contribution in [-0.2, 0) is 5.75 Å². The zero-order chi connectivity index (χ0) is 23.7. The highest BCUT2D eigenvalue weighted by Gasteiger charge is 2.24.